The predicted molar refractivity (Wildman–Crippen MR) is 45.4 cm³/mol. The van der Waals surface area contributed by atoms with Gasteiger partial charge in [-0.2, -0.15) is 0 Å². The highest BCUT2D eigenvalue weighted by Gasteiger charge is 2.02. The Labute approximate surface area is 67.2 Å². The van der Waals surface area contributed by atoms with E-state index in [1.54, 1.807) is 25.2 Å². The van der Waals surface area contributed by atoms with E-state index in [2.05, 4.69) is 0 Å². The number of hydrogen-bond donors (Lipinski definition) is 1. The molecule has 0 saturated heterocycles. The molecule has 0 aliphatic carbocycles. The zero-order chi connectivity index (χ0) is 8.85. The van der Waals surface area contributed by atoms with Crippen molar-refractivity contribution >= 4 is 5.97 Å². The van der Waals surface area contributed by atoms with Gasteiger partial charge in [-0.25, -0.2) is 4.79 Å². The van der Waals surface area contributed by atoms with Crippen LogP contribution in [0.15, 0.2) is 23.8 Å². The molecule has 2 nitrogen and oxygen atoms in total. The van der Waals surface area contributed by atoms with Crippen LogP contribution in [0.4, 0.5) is 0 Å². The monoisotopic (exact) mass is 154 g/mol. The van der Waals surface area contributed by atoms with Crippen LogP contribution in [0.1, 0.15) is 20.8 Å². The summed E-state index contributed by atoms with van der Waals surface area (Å²) >= 11 is 0. The fourth-order valence-electron chi connectivity index (χ4n) is 0.737. The van der Waals surface area contributed by atoms with Crippen LogP contribution >= 0.6 is 0 Å². The van der Waals surface area contributed by atoms with Gasteiger partial charge in [-0.3, -0.25) is 0 Å². The number of aliphatic carboxylic acids is 1. The van der Waals surface area contributed by atoms with Gasteiger partial charge in [0.1, 0.15) is 0 Å². The minimum atomic E-state index is -0.864. The van der Waals surface area contributed by atoms with Gasteiger partial charge >= 0.3 is 5.97 Å². The van der Waals surface area contributed by atoms with E-state index in [0.29, 0.717) is 5.57 Å². The Morgan fingerprint density at radius 2 is 2.00 bits per heavy atom. The zero-order valence-electron chi connectivity index (χ0n) is 7.16. The average Bonchev–Trinajstić information content (AvgIpc) is 1.86. The first kappa shape index (κ1) is 9.95. The lowest BCUT2D eigenvalue weighted by atomic mass is 10.1. The van der Waals surface area contributed by atoms with Crippen LogP contribution in [-0.2, 0) is 4.79 Å². The zero-order valence-corrected chi connectivity index (χ0v) is 7.16. The summed E-state index contributed by atoms with van der Waals surface area (Å²) < 4.78 is 0. The quantitative estimate of drug-likeness (QED) is 0.500. The van der Waals surface area contributed by atoms with E-state index in [1.807, 2.05) is 13.8 Å². The number of carbonyl (C=O) groups is 1. The number of carboxylic acid groups (broad SMARTS) is 1. The Bertz CT molecular complexity index is 188. The minimum Gasteiger partial charge on any atom is -0.478 e. The largest absolute Gasteiger partial charge is 0.478 e. The van der Waals surface area contributed by atoms with Crippen molar-refractivity contribution in [3.63, 3.8) is 0 Å². The SMILES string of the molecule is C/C=C\C(=C/C(C)C)C(=O)O. The summed E-state index contributed by atoms with van der Waals surface area (Å²) in [4.78, 5) is 10.5. The maximum atomic E-state index is 10.5. The second kappa shape index (κ2) is 4.72. The summed E-state index contributed by atoms with van der Waals surface area (Å²) in [7, 11) is 0. The molecule has 0 aliphatic rings. The minimum absolute atomic E-state index is 0.275. The fourth-order valence-corrected chi connectivity index (χ4v) is 0.737. The molecule has 0 fully saturated rings. The van der Waals surface area contributed by atoms with E-state index in [1.165, 1.54) is 0 Å². The highest BCUT2D eigenvalue weighted by molar-refractivity contribution is 5.89. The molecule has 0 heterocycles. The molecule has 0 spiro atoms. The summed E-state index contributed by atoms with van der Waals surface area (Å²) in [5.74, 6) is -0.589. The number of carboxylic acids is 1. The third-order valence-electron chi connectivity index (χ3n) is 1.11. The van der Waals surface area contributed by atoms with Crippen molar-refractivity contribution in [3.8, 4) is 0 Å². The summed E-state index contributed by atoms with van der Waals surface area (Å²) in [5, 5.41) is 8.63. The van der Waals surface area contributed by atoms with E-state index >= 15 is 0 Å². The molecular weight excluding hydrogens is 140 g/mol. The molecule has 0 unspecified atom stereocenters. The molecule has 0 rings (SSSR count). The lowest BCUT2D eigenvalue weighted by molar-refractivity contribution is -0.132. The highest BCUT2D eigenvalue weighted by Crippen LogP contribution is 2.03. The van der Waals surface area contributed by atoms with Crippen molar-refractivity contribution in [3.05, 3.63) is 23.8 Å². The molecule has 11 heavy (non-hydrogen) atoms. The maximum Gasteiger partial charge on any atom is 0.335 e. The van der Waals surface area contributed by atoms with Crippen molar-refractivity contribution in [2.75, 3.05) is 0 Å². The highest BCUT2D eigenvalue weighted by atomic mass is 16.4. The summed E-state index contributed by atoms with van der Waals surface area (Å²) in [6, 6.07) is 0. The van der Waals surface area contributed by atoms with Crippen LogP contribution in [0.5, 0.6) is 0 Å². The van der Waals surface area contributed by atoms with Crippen molar-refractivity contribution < 1.29 is 9.90 Å². The van der Waals surface area contributed by atoms with E-state index in [-0.39, 0.29) is 5.92 Å². The molecule has 0 aromatic rings. The van der Waals surface area contributed by atoms with Gasteiger partial charge in [0.05, 0.1) is 5.57 Å². The van der Waals surface area contributed by atoms with Crippen LogP contribution in [0.25, 0.3) is 0 Å². The van der Waals surface area contributed by atoms with Gasteiger partial charge in [0.15, 0.2) is 0 Å². The number of hydrogen-bond acceptors (Lipinski definition) is 1. The second-order valence-corrected chi connectivity index (χ2v) is 2.67. The van der Waals surface area contributed by atoms with E-state index < -0.39 is 5.97 Å². The smallest absolute Gasteiger partial charge is 0.335 e. The van der Waals surface area contributed by atoms with E-state index in [4.69, 9.17) is 5.11 Å². The molecule has 2 heteroatoms. The van der Waals surface area contributed by atoms with E-state index in [0.717, 1.165) is 0 Å². The summed E-state index contributed by atoms with van der Waals surface area (Å²) in [6.45, 7) is 5.70. The molecule has 0 radical (unpaired) electrons. The Morgan fingerprint density at radius 3 is 2.27 bits per heavy atom. The topological polar surface area (TPSA) is 37.3 Å². The normalized spacial score (nSPS) is 12.9. The first-order valence-corrected chi connectivity index (χ1v) is 3.65. The summed E-state index contributed by atoms with van der Waals surface area (Å²) in [6.07, 6.45) is 5.05. The van der Waals surface area contributed by atoms with E-state index in [9.17, 15) is 4.79 Å². The fraction of sp³-hybridized carbons (Fsp3) is 0.444. The molecule has 0 amide bonds. The van der Waals surface area contributed by atoms with Gasteiger partial charge < -0.3 is 5.11 Å². The second-order valence-electron chi connectivity index (χ2n) is 2.67. The van der Waals surface area contributed by atoms with Gasteiger partial charge in [-0.1, -0.05) is 32.1 Å². The number of allylic oxidation sites excluding steroid dienone is 2. The molecule has 0 atom stereocenters. The lowest BCUT2D eigenvalue weighted by Gasteiger charge is -1.97. The molecule has 0 saturated carbocycles. The van der Waals surface area contributed by atoms with Crippen molar-refractivity contribution in [2.24, 2.45) is 5.92 Å². The average molecular weight is 154 g/mol. The molecule has 0 aromatic heterocycles. The van der Waals surface area contributed by atoms with Gasteiger partial charge in [0, 0.05) is 0 Å². The third kappa shape index (κ3) is 4.37. The van der Waals surface area contributed by atoms with Crippen molar-refractivity contribution in [1.82, 2.24) is 0 Å². The molecular formula is C9H14O2. The first-order chi connectivity index (χ1) is 5.07. The Morgan fingerprint density at radius 1 is 1.45 bits per heavy atom. The molecule has 0 bridgehead atoms. The predicted octanol–water partition coefficient (Wildman–Crippen LogP) is 2.23. The lowest BCUT2D eigenvalue weighted by Crippen LogP contribution is -1.99. The van der Waals surface area contributed by atoms with Crippen LogP contribution in [-0.4, -0.2) is 11.1 Å². The van der Waals surface area contributed by atoms with Gasteiger partial charge in [0.25, 0.3) is 0 Å². The first-order valence-electron chi connectivity index (χ1n) is 3.65. The van der Waals surface area contributed by atoms with Gasteiger partial charge in [-0.05, 0) is 12.8 Å². The van der Waals surface area contributed by atoms with Crippen LogP contribution in [0.2, 0.25) is 0 Å². The van der Waals surface area contributed by atoms with Crippen LogP contribution in [0, 0.1) is 5.92 Å². The van der Waals surface area contributed by atoms with Crippen molar-refractivity contribution in [1.29, 1.82) is 0 Å². The molecule has 0 aliphatic heterocycles. The standard InChI is InChI=1S/C9H14O2/c1-4-5-8(9(10)11)6-7(2)3/h4-7H,1-3H3,(H,10,11)/b5-4-,8-6+. The van der Waals surface area contributed by atoms with Crippen LogP contribution in [0.3, 0.4) is 0 Å². The van der Waals surface area contributed by atoms with Gasteiger partial charge in [0.2, 0.25) is 0 Å². The number of rotatable bonds is 3. The van der Waals surface area contributed by atoms with Crippen LogP contribution < -0.4 is 0 Å². The Kier molecular flexibility index (Phi) is 4.27. The Balaban J connectivity index is 4.46. The Hall–Kier alpha value is -1.05. The van der Waals surface area contributed by atoms with Gasteiger partial charge in [-0.15, -0.1) is 0 Å². The third-order valence-corrected chi connectivity index (χ3v) is 1.11. The maximum absolute atomic E-state index is 10.5. The van der Waals surface area contributed by atoms with Crippen molar-refractivity contribution in [2.45, 2.75) is 20.8 Å². The molecule has 1 N–H and O–H groups in total. The molecule has 62 valence electrons. The summed E-state index contributed by atoms with van der Waals surface area (Å²) in [5.41, 5.74) is 0.363. The molecule has 0 aromatic carbocycles.